The molecule has 134 valence electrons. The van der Waals surface area contributed by atoms with Crippen molar-refractivity contribution in [3.05, 3.63) is 24.3 Å². The van der Waals surface area contributed by atoms with Gasteiger partial charge in [0.05, 0.1) is 12.6 Å². The molecule has 5 heteroatoms. The standard InChI is InChI=1S/C19H30N2O3/c1-3-10-21(11-4-2)19(22)14-20-16-7-5-8-17(13-16)24-15-18-9-6-12-23-18/h5,7-8,13,18,20H,3-4,6,9-12,14-15H2,1-2H3. The minimum atomic E-state index is 0.143. The molecule has 0 bridgehead atoms. The van der Waals surface area contributed by atoms with Crippen molar-refractivity contribution in [1.29, 1.82) is 0 Å². The lowest BCUT2D eigenvalue weighted by atomic mass is 10.2. The first kappa shape index (κ1) is 18.6. The number of ether oxygens (including phenoxy) is 2. The molecule has 5 nitrogen and oxygen atoms in total. The third kappa shape index (κ3) is 6.04. The highest BCUT2D eigenvalue weighted by atomic mass is 16.5. The maximum absolute atomic E-state index is 12.3. The van der Waals surface area contributed by atoms with Gasteiger partial charge in [-0.25, -0.2) is 0 Å². The second kappa shape index (κ2) is 10.2. The molecule has 1 aliphatic heterocycles. The fourth-order valence-electron chi connectivity index (χ4n) is 2.85. The molecule has 1 heterocycles. The van der Waals surface area contributed by atoms with E-state index in [2.05, 4.69) is 19.2 Å². The molecule has 0 spiro atoms. The van der Waals surface area contributed by atoms with Gasteiger partial charge in [0, 0.05) is 31.5 Å². The van der Waals surface area contributed by atoms with Crippen LogP contribution < -0.4 is 10.1 Å². The van der Waals surface area contributed by atoms with E-state index in [1.54, 1.807) is 0 Å². The van der Waals surface area contributed by atoms with E-state index in [1.807, 2.05) is 29.2 Å². The fourth-order valence-corrected chi connectivity index (χ4v) is 2.85. The Labute approximate surface area is 145 Å². The lowest BCUT2D eigenvalue weighted by Crippen LogP contribution is -2.36. The van der Waals surface area contributed by atoms with E-state index in [0.29, 0.717) is 13.2 Å². The fraction of sp³-hybridized carbons (Fsp3) is 0.632. The number of anilines is 1. The summed E-state index contributed by atoms with van der Waals surface area (Å²) >= 11 is 0. The number of rotatable bonds is 10. The van der Waals surface area contributed by atoms with Crippen LogP contribution in [-0.2, 0) is 9.53 Å². The van der Waals surface area contributed by atoms with Gasteiger partial charge in [-0.3, -0.25) is 4.79 Å². The van der Waals surface area contributed by atoms with Gasteiger partial charge in [-0.15, -0.1) is 0 Å². The summed E-state index contributed by atoms with van der Waals surface area (Å²) in [4.78, 5) is 14.2. The second-order valence-corrected chi connectivity index (χ2v) is 6.21. The summed E-state index contributed by atoms with van der Waals surface area (Å²) in [5.74, 6) is 0.950. The number of benzene rings is 1. The first-order valence-electron chi connectivity index (χ1n) is 9.09. The van der Waals surface area contributed by atoms with Crippen molar-refractivity contribution in [2.45, 2.75) is 45.6 Å². The summed E-state index contributed by atoms with van der Waals surface area (Å²) in [5.41, 5.74) is 0.904. The quantitative estimate of drug-likeness (QED) is 0.713. The third-order valence-corrected chi connectivity index (χ3v) is 4.08. The van der Waals surface area contributed by atoms with Gasteiger partial charge in [0.2, 0.25) is 5.91 Å². The smallest absolute Gasteiger partial charge is 0.241 e. The van der Waals surface area contributed by atoms with Crippen LogP contribution in [0.15, 0.2) is 24.3 Å². The third-order valence-electron chi connectivity index (χ3n) is 4.08. The van der Waals surface area contributed by atoms with Crippen LogP contribution in [0.3, 0.4) is 0 Å². The summed E-state index contributed by atoms with van der Waals surface area (Å²) in [7, 11) is 0. The first-order chi connectivity index (χ1) is 11.7. The van der Waals surface area contributed by atoms with Crippen LogP contribution in [-0.4, -0.2) is 49.8 Å². The molecule has 1 saturated heterocycles. The molecule has 0 aliphatic carbocycles. The summed E-state index contributed by atoms with van der Waals surface area (Å²) in [6, 6.07) is 7.76. The Morgan fingerprint density at radius 3 is 2.79 bits per heavy atom. The van der Waals surface area contributed by atoms with Crippen LogP contribution in [0.2, 0.25) is 0 Å². The molecule has 1 unspecified atom stereocenters. The molecule has 1 aliphatic rings. The highest BCUT2D eigenvalue weighted by Gasteiger charge is 2.16. The molecule has 24 heavy (non-hydrogen) atoms. The molecular weight excluding hydrogens is 304 g/mol. The molecule has 0 saturated carbocycles. The molecule has 1 N–H and O–H groups in total. The molecule has 1 aromatic rings. The topological polar surface area (TPSA) is 50.8 Å². The van der Waals surface area contributed by atoms with Gasteiger partial charge in [-0.05, 0) is 37.8 Å². The van der Waals surface area contributed by atoms with Crippen LogP contribution in [0.1, 0.15) is 39.5 Å². The highest BCUT2D eigenvalue weighted by Crippen LogP contribution is 2.19. The van der Waals surface area contributed by atoms with Crippen molar-refractivity contribution in [3.8, 4) is 5.75 Å². The van der Waals surface area contributed by atoms with Crippen molar-refractivity contribution >= 4 is 11.6 Å². The van der Waals surface area contributed by atoms with Crippen molar-refractivity contribution in [3.63, 3.8) is 0 Å². The van der Waals surface area contributed by atoms with Crippen LogP contribution >= 0.6 is 0 Å². The van der Waals surface area contributed by atoms with Gasteiger partial charge in [0.15, 0.2) is 0 Å². The molecule has 0 radical (unpaired) electrons. The molecule has 0 aromatic heterocycles. The van der Waals surface area contributed by atoms with E-state index in [0.717, 1.165) is 56.8 Å². The molecular formula is C19H30N2O3. The lowest BCUT2D eigenvalue weighted by Gasteiger charge is -2.22. The number of carbonyl (C=O) groups excluding carboxylic acids is 1. The molecule has 1 atom stereocenters. The average Bonchev–Trinajstić information content (AvgIpc) is 3.11. The molecule has 1 amide bonds. The Morgan fingerprint density at radius 1 is 1.33 bits per heavy atom. The van der Waals surface area contributed by atoms with Crippen LogP contribution in [0.4, 0.5) is 5.69 Å². The van der Waals surface area contributed by atoms with Crippen molar-refractivity contribution in [2.75, 3.05) is 38.2 Å². The number of hydrogen-bond acceptors (Lipinski definition) is 4. The maximum atomic E-state index is 12.3. The molecule has 1 fully saturated rings. The van der Waals surface area contributed by atoms with Gasteiger partial charge in [0.25, 0.3) is 0 Å². The zero-order chi connectivity index (χ0) is 17.2. The SMILES string of the molecule is CCCN(CCC)C(=O)CNc1cccc(OCC2CCCO2)c1. The number of nitrogens with zero attached hydrogens (tertiary/aromatic N) is 1. The highest BCUT2D eigenvalue weighted by molar-refractivity contribution is 5.80. The van der Waals surface area contributed by atoms with Crippen molar-refractivity contribution in [1.82, 2.24) is 4.90 Å². The number of amides is 1. The van der Waals surface area contributed by atoms with E-state index in [-0.39, 0.29) is 12.0 Å². The minimum Gasteiger partial charge on any atom is -0.491 e. The summed E-state index contributed by atoms with van der Waals surface area (Å²) in [6.07, 6.45) is 4.36. The first-order valence-corrected chi connectivity index (χ1v) is 9.09. The second-order valence-electron chi connectivity index (χ2n) is 6.21. The number of carbonyl (C=O) groups is 1. The van der Waals surface area contributed by atoms with Crippen LogP contribution in [0, 0.1) is 0 Å². The van der Waals surface area contributed by atoms with Crippen molar-refractivity contribution < 1.29 is 14.3 Å². The normalized spacial score (nSPS) is 16.8. The molecule has 2 rings (SSSR count). The summed E-state index contributed by atoms with van der Waals surface area (Å²) < 4.78 is 11.4. The zero-order valence-corrected chi connectivity index (χ0v) is 14.9. The Balaban J connectivity index is 1.81. The van der Waals surface area contributed by atoms with Gasteiger partial charge < -0.3 is 19.7 Å². The average molecular weight is 334 g/mol. The van der Waals surface area contributed by atoms with E-state index < -0.39 is 0 Å². The predicted molar refractivity (Wildman–Crippen MR) is 96.6 cm³/mol. The Kier molecular flexibility index (Phi) is 7.89. The van der Waals surface area contributed by atoms with Crippen LogP contribution in [0.25, 0.3) is 0 Å². The maximum Gasteiger partial charge on any atom is 0.241 e. The number of hydrogen-bond donors (Lipinski definition) is 1. The molecule has 1 aromatic carbocycles. The Morgan fingerprint density at radius 2 is 2.12 bits per heavy atom. The monoisotopic (exact) mass is 334 g/mol. The van der Waals surface area contributed by atoms with Gasteiger partial charge in [-0.1, -0.05) is 19.9 Å². The zero-order valence-electron chi connectivity index (χ0n) is 14.9. The van der Waals surface area contributed by atoms with E-state index in [9.17, 15) is 4.79 Å². The number of nitrogens with one attached hydrogen (secondary N) is 1. The van der Waals surface area contributed by atoms with E-state index in [4.69, 9.17) is 9.47 Å². The van der Waals surface area contributed by atoms with Gasteiger partial charge in [0.1, 0.15) is 12.4 Å². The summed E-state index contributed by atoms with van der Waals surface area (Å²) in [5, 5.41) is 3.21. The lowest BCUT2D eigenvalue weighted by molar-refractivity contribution is -0.129. The van der Waals surface area contributed by atoms with Crippen LogP contribution in [0.5, 0.6) is 5.75 Å². The van der Waals surface area contributed by atoms with E-state index in [1.165, 1.54) is 0 Å². The van der Waals surface area contributed by atoms with Crippen molar-refractivity contribution in [2.24, 2.45) is 0 Å². The van der Waals surface area contributed by atoms with Gasteiger partial charge in [-0.2, -0.15) is 0 Å². The summed E-state index contributed by atoms with van der Waals surface area (Å²) in [6.45, 7) is 7.57. The van der Waals surface area contributed by atoms with E-state index >= 15 is 0 Å². The predicted octanol–water partition coefficient (Wildman–Crippen LogP) is 3.30. The minimum absolute atomic E-state index is 0.143. The largest absolute Gasteiger partial charge is 0.491 e. The van der Waals surface area contributed by atoms with Gasteiger partial charge >= 0.3 is 0 Å². The Hall–Kier alpha value is -1.75. The Bertz CT molecular complexity index is 495.